The molecular formula is C50H67NO2S2Si. The fourth-order valence-electron chi connectivity index (χ4n) is 8.48. The average Bonchev–Trinajstić information content (AvgIpc) is 3.95. The lowest BCUT2D eigenvalue weighted by Gasteiger charge is -2.29. The Hall–Kier alpha value is -3.32. The number of rotatable bonds is 26. The van der Waals surface area contributed by atoms with Crippen LogP contribution in [0.2, 0.25) is 12.1 Å². The van der Waals surface area contributed by atoms with Crippen molar-refractivity contribution in [3.8, 4) is 31.7 Å². The highest BCUT2D eigenvalue weighted by Crippen LogP contribution is 2.45. The van der Waals surface area contributed by atoms with Crippen molar-refractivity contribution in [3.05, 3.63) is 90.3 Å². The maximum atomic E-state index is 6.13. The minimum Gasteiger partial charge on any atom is -0.494 e. The molecule has 6 rings (SSSR count). The number of benzene rings is 3. The first-order valence-corrected chi connectivity index (χ1v) is 26.3. The molecule has 0 unspecified atom stereocenters. The predicted molar refractivity (Wildman–Crippen MR) is 250 cm³/mol. The van der Waals surface area contributed by atoms with E-state index in [0.29, 0.717) is 0 Å². The molecule has 0 fully saturated rings. The lowest BCUT2D eigenvalue weighted by atomic mass is 10.1. The minimum atomic E-state index is -1.80. The van der Waals surface area contributed by atoms with Gasteiger partial charge in [-0.05, 0) is 113 Å². The van der Waals surface area contributed by atoms with E-state index < -0.39 is 8.07 Å². The van der Waals surface area contributed by atoms with Gasteiger partial charge < -0.3 is 14.4 Å². The van der Waals surface area contributed by atoms with Gasteiger partial charge in [0.25, 0.3) is 0 Å². The third-order valence-electron chi connectivity index (χ3n) is 11.7. The molecule has 56 heavy (non-hydrogen) atoms. The van der Waals surface area contributed by atoms with Crippen LogP contribution in [0, 0.1) is 0 Å². The summed E-state index contributed by atoms with van der Waals surface area (Å²) in [5, 5.41) is 5.89. The number of nitrogens with zero attached hydrogens (tertiary/aromatic N) is 1. The Morgan fingerprint density at radius 1 is 0.482 bits per heavy atom. The first kappa shape index (κ1) is 42.3. The van der Waals surface area contributed by atoms with Crippen molar-refractivity contribution >= 4 is 58.2 Å². The Morgan fingerprint density at radius 2 is 0.946 bits per heavy atom. The van der Waals surface area contributed by atoms with Gasteiger partial charge in [-0.2, -0.15) is 0 Å². The molecule has 6 heteroatoms. The topological polar surface area (TPSA) is 21.7 Å². The first-order chi connectivity index (χ1) is 27.6. The smallest absolute Gasteiger partial charge is 0.122 e. The third kappa shape index (κ3) is 10.6. The molecule has 0 saturated carbocycles. The van der Waals surface area contributed by atoms with Gasteiger partial charge in [0, 0.05) is 31.7 Å². The Bertz CT molecular complexity index is 1790. The minimum absolute atomic E-state index is 0.770. The molecular weight excluding hydrogens is 739 g/mol. The van der Waals surface area contributed by atoms with Crippen molar-refractivity contribution in [2.75, 3.05) is 18.1 Å². The number of hydrogen-bond acceptors (Lipinski definition) is 5. The lowest BCUT2D eigenvalue weighted by Crippen LogP contribution is -2.54. The van der Waals surface area contributed by atoms with Crippen LogP contribution in [0.3, 0.4) is 0 Å². The predicted octanol–water partition coefficient (Wildman–Crippen LogP) is 15.6. The molecule has 3 heterocycles. The molecule has 2 aromatic heterocycles. The normalized spacial score (nSPS) is 12.8. The number of fused-ring (bicyclic) bond motifs is 3. The number of ether oxygens (including phenoxy) is 2. The lowest BCUT2D eigenvalue weighted by molar-refractivity contribution is 0.305. The summed E-state index contributed by atoms with van der Waals surface area (Å²) in [5.41, 5.74) is 4.71. The van der Waals surface area contributed by atoms with Crippen LogP contribution in [0.1, 0.15) is 130 Å². The second kappa shape index (κ2) is 22.0. The maximum Gasteiger partial charge on any atom is 0.122 e. The molecule has 3 nitrogen and oxygen atoms in total. The summed E-state index contributed by atoms with van der Waals surface area (Å²) < 4.78 is 12.3. The fraction of sp³-hybridized carbons (Fsp3) is 0.480. The van der Waals surface area contributed by atoms with Gasteiger partial charge in [-0.3, -0.25) is 0 Å². The van der Waals surface area contributed by atoms with E-state index in [-0.39, 0.29) is 0 Å². The van der Waals surface area contributed by atoms with Gasteiger partial charge in [-0.15, -0.1) is 22.7 Å². The van der Waals surface area contributed by atoms with Crippen LogP contribution >= 0.6 is 22.7 Å². The van der Waals surface area contributed by atoms with Crippen molar-refractivity contribution < 1.29 is 9.47 Å². The van der Waals surface area contributed by atoms with Crippen LogP contribution in [-0.4, -0.2) is 21.3 Å². The first-order valence-electron chi connectivity index (χ1n) is 22.2. The summed E-state index contributed by atoms with van der Waals surface area (Å²) >= 11 is 4.04. The Morgan fingerprint density at radius 3 is 1.43 bits per heavy atom. The zero-order valence-electron chi connectivity index (χ0n) is 34.9. The highest BCUT2D eigenvalue weighted by atomic mass is 32.1. The molecule has 0 N–H and O–H groups in total. The molecule has 1 aliphatic heterocycles. The van der Waals surface area contributed by atoms with E-state index in [2.05, 4.69) is 123 Å². The Labute approximate surface area is 348 Å². The summed E-state index contributed by atoms with van der Waals surface area (Å²) in [5.74, 6) is 1.87. The van der Waals surface area contributed by atoms with Crippen LogP contribution in [0.4, 0.5) is 17.1 Å². The van der Waals surface area contributed by atoms with Gasteiger partial charge in [0.05, 0.1) is 13.2 Å². The Kier molecular flexibility index (Phi) is 16.6. The van der Waals surface area contributed by atoms with Crippen LogP contribution in [0.5, 0.6) is 11.5 Å². The summed E-state index contributed by atoms with van der Waals surface area (Å²) in [6.45, 7) is 10.7. The van der Waals surface area contributed by atoms with Gasteiger partial charge in [-0.25, -0.2) is 0 Å². The van der Waals surface area contributed by atoms with Crippen molar-refractivity contribution in [1.29, 1.82) is 0 Å². The second-order valence-corrected chi connectivity index (χ2v) is 22.1. The maximum absolute atomic E-state index is 6.13. The van der Waals surface area contributed by atoms with Gasteiger partial charge in [0.2, 0.25) is 0 Å². The molecule has 0 atom stereocenters. The summed E-state index contributed by atoms with van der Waals surface area (Å²) in [7, 11) is -1.80. The van der Waals surface area contributed by atoms with Crippen LogP contribution in [0.15, 0.2) is 90.3 Å². The average molecular weight is 806 g/mol. The third-order valence-corrected chi connectivity index (χ3v) is 19.6. The van der Waals surface area contributed by atoms with Gasteiger partial charge in [0.1, 0.15) is 19.6 Å². The highest BCUT2D eigenvalue weighted by molar-refractivity contribution is 7.30. The molecule has 0 spiro atoms. The van der Waals surface area contributed by atoms with E-state index in [0.717, 1.165) is 54.6 Å². The number of hydrogen-bond donors (Lipinski definition) is 0. The number of thiophene rings is 2. The molecule has 0 aliphatic carbocycles. The monoisotopic (exact) mass is 805 g/mol. The molecule has 3 aromatic carbocycles. The van der Waals surface area contributed by atoms with Gasteiger partial charge in [0.15, 0.2) is 0 Å². The van der Waals surface area contributed by atoms with Crippen molar-refractivity contribution in [1.82, 2.24) is 0 Å². The zero-order valence-corrected chi connectivity index (χ0v) is 37.5. The quantitative estimate of drug-likeness (QED) is 0.0410. The van der Waals surface area contributed by atoms with Crippen molar-refractivity contribution in [3.63, 3.8) is 0 Å². The van der Waals surface area contributed by atoms with E-state index in [1.165, 1.54) is 112 Å². The van der Waals surface area contributed by atoms with Crippen molar-refractivity contribution in [2.24, 2.45) is 0 Å². The standard InChI is InChI=1S/C50H67NO2S2Si/c1-5-9-13-17-34-52-44-29-25-42(26-30-44)51(43-27-31-45(32-28-43)53-35-18-14-10-6-2)41-23-21-40(22-24-41)46-39-48-50(55-46)49-47(33-36-54-49)56(48,37-19-15-11-7-3)38-20-16-12-8-4/h21-33,36,39H,5-20,34-35,37-38H2,1-4H3. The number of anilines is 3. The van der Waals surface area contributed by atoms with E-state index in [1.807, 2.05) is 22.7 Å². The summed E-state index contributed by atoms with van der Waals surface area (Å²) in [6.07, 6.45) is 20.5. The largest absolute Gasteiger partial charge is 0.494 e. The molecule has 1 aliphatic rings. The van der Waals surface area contributed by atoms with Crippen LogP contribution in [0.25, 0.3) is 20.2 Å². The van der Waals surface area contributed by atoms with Gasteiger partial charge >= 0.3 is 0 Å². The molecule has 0 saturated heterocycles. The van der Waals surface area contributed by atoms with Gasteiger partial charge in [-0.1, -0.05) is 136 Å². The SMILES string of the molecule is CCCCCCOc1ccc(N(c2ccc(OCCCCCC)cc2)c2ccc(-c3cc4c(s3)-c3sccc3[Si]4(CCCCCC)CCCCCC)cc2)cc1. The molecule has 0 amide bonds. The zero-order chi connectivity index (χ0) is 39.0. The summed E-state index contributed by atoms with van der Waals surface area (Å²) in [4.78, 5) is 6.97. The molecule has 0 bridgehead atoms. The van der Waals surface area contributed by atoms with E-state index in [4.69, 9.17) is 9.47 Å². The molecule has 0 radical (unpaired) electrons. The fourth-order valence-corrected chi connectivity index (χ4v) is 17.7. The molecule has 300 valence electrons. The van der Waals surface area contributed by atoms with Crippen molar-refractivity contribution in [2.45, 2.75) is 143 Å². The van der Waals surface area contributed by atoms with Crippen LogP contribution in [-0.2, 0) is 0 Å². The van der Waals surface area contributed by atoms with E-state index in [1.54, 1.807) is 20.1 Å². The summed E-state index contributed by atoms with van der Waals surface area (Å²) in [6, 6.07) is 34.6. The second-order valence-electron chi connectivity index (χ2n) is 15.9. The van der Waals surface area contributed by atoms with E-state index >= 15 is 0 Å². The highest BCUT2D eigenvalue weighted by Gasteiger charge is 2.46. The number of unbranched alkanes of at least 4 members (excludes halogenated alkanes) is 12. The van der Waals surface area contributed by atoms with E-state index in [9.17, 15) is 0 Å². The van der Waals surface area contributed by atoms with Crippen LogP contribution < -0.4 is 24.7 Å². The Balaban J connectivity index is 1.26. The molecule has 5 aromatic rings.